The third-order valence-electron chi connectivity index (χ3n) is 3.60. The predicted octanol–water partition coefficient (Wildman–Crippen LogP) is 1.54. The number of aryl methyl sites for hydroxylation is 1. The molecule has 2 rings (SSSR count). The van der Waals surface area contributed by atoms with Crippen molar-refractivity contribution in [1.29, 1.82) is 0 Å². The van der Waals surface area contributed by atoms with Gasteiger partial charge in [-0.2, -0.15) is 0 Å². The van der Waals surface area contributed by atoms with Gasteiger partial charge in [0.15, 0.2) is 6.61 Å². The molecule has 7 heteroatoms. The number of carbonyl (C=O) groups is 3. The van der Waals surface area contributed by atoms with E-state index in [1.165, 1.54) is 16.7 Å². The zero-order valence-electron chi connectivity index (χ0n) is 12.3. The van der Waals surface area contributed by atoms with Crippen molar-refractivity contribution in [3.63, 3.8) is 0 Å². The summed E-state index contributed by atoms with van der Waals surface area (Å²) < 4.78 is 6.88. The van der Waals surface area contributed by atoms with Crippen molar-refractivity contribution in [2.45, 2.75) is 13.8 Å². The Morgan fingerprint density at radius 3 is 2.62 bits per heavy atom. The Morgan fingerprint density at radius 2 is 2.10 bits per heavy atom. The molecule has 0 aromatic carbocycles. The van der Waals surface area contributed by atoms with Gasteiger partial charge < -0.3 is 14.2 Å². The number of Topliss-reactive ketones (excluding diaryl/α,β-unsaturated/α-hetero) is 1. The van der Waals surface area contributed by atoms with Crippen LogP contribution in [-0.2, 0) is 16.6 Å². The number of ether oxygens (including phenoxy) is 1. The molecular formula is C14H18N2O4S. The SMILES string of the molecule is Cc1cc(C(=O)COC(=O)CN2CCSC2=O)c(C)n1C. The van der Waals surface area contributed by atoms with Crippen LogP contribution >= 0.6 is 11.8 Å². The first-order valence-corrected chi connectivity index (χ1v) is 7.62. The second kappa shape index (κ2) is 6.34. The van der Waals surface area contributed by atoms with Gasteiger partial charge in [-0.15, -0.1) is 0 Å². The summed E-state index contributed by atoms with van der Waals surface area (Å²) in [6.45, 7) is 3.92. The molecule has 1 aliphatic heterocycles. The van der Waals surface area contributed by atoms with E-state index in [0.29, 0.717) is 17.9 Å². The quantitative estimate of drug-likeness (QED) is 0.609. The Labute approximate surface area is 127 Å². The van der Waals surface area contributed by atoms with Crippen molar-refractivity contribution in [3.05, 3.63) is 23.0 Å². The number of hydrogen-bond donors (Lipinski definition) is 0. The van der Waals surface area contributed by atoms with Crippen LogP contribution in [-0.4, -0.2) is 51.9 Å². The molecule has 1 saturated heterocycles. The summed E-state index contributed by atoms with van der Waals surface area (Å²) >= 11 is 1.18. The van der Waals surface area contributed by atoms with Gasteiger partial charge in [-0.25, -0.2) is 0 Å². The topological polar surface area (TPSA) is 68.6 Å². The third-order valence-corrected chi connectivity index (χ3v) is 4.50. The lowest BCUT2D eigenvalue weighted by molar-refractivity contribution is -0.142. The zero-order chi connectivity index (χ0) is 15.6. The van der Waals surface area contributed by atoms with E-state index in [9.17, 15) is 14.4 Å². The van der Waals surface area contributed by atoms with Crippen molar-refractivity contribution in [1.82, 2.24) is 9.47 Å². The largest absolute Gasteiger partial charge is 0.456 e. The molecule has 21 heavy (non-hydrogen) atoms. The first-order valence-electron chi connectivity index (χ1n) is 6.63. The molecular weight excluding hydrogens is 292 g/mol. The highest BCUT2D eigenvalue weighted by Gasteiger charge is 2.24. The van der Waals surface area contributed by atoms with Crippen LogP contribution in [0.15, 0.2) is 6.07 Å². The molecule has 1 aromatic rings. The van der Waals surface area contributed by atoms with Crippen molar-refractivity contribution < 1.29 is 19.1 Å². The van der Waals surface area contributed by atoms with E-state index >= 15 is 0 Å². The van der Waals surface area contributed by atoms with Gasteiger partial charge in [-0.3, -0.25) is 14.4 Å². The number of hydrogen-bond acceptors (Lipinski definition) is 5. The highest BCUT2D eigenvalue weighted by atomic mass is 32.2. The predicted molar refractivity (Wildman–Crippen MR) is 79.6 cm³/mol. The van der Waals surface area contributed by atoms with Gasteiger partial charge >= 0.3 is 5.97 Å². The lowest BCUT2D eigenvalue weighted by Gasteiger charge is -2.13. The first-order chi connectivity index (χ1) is 9.90. The normalized spacial score (nSPS) is 14.6. The Kier molecular flexibility index (Phi) is 4.72. The fourth-order valence-electron chi connectivity index (χ4n) is 2.13. The molecule has 0 bridgehead atoms. The molecule has 0 N–H and O–H groups in total. The highest BCUT2D eigenvalue weighted by molar-refractivity contribution is 8.13. The molecule has 0 spiro atoms. The molecule has 114 valence electrons. The fourth-order valence-corrected chi connectivity index (χ4v) is 2.96. The van der Waals surface area contributed by atoms with Crippen LogP contribution in [0.3, 0.4) is 0 Å². The molecule has 0 radical (unpaired) electrons. The maximum Gasteiger partial charge on any atom is 0.326 e. The van der Waals surface area contributed by atoms with Crippen LogP contribution in [0.1, 0.15) is 21.7 Å². The summed E-state index contributed by atoms with van der Waals surface area (Å²) in [5, 5.41) is -0.118. The molecule has 0 atom stereocenters. The lowest BCUT2D eigenvalue weighted by Crippen LogP contribution is -2.31. The number of amides is 1. The van der Waals surface area contributed by atoms with Crippen LogP contribution in [0.5, 0.6) is 0 Å². The molecule has 0 aliphatic carbocycles. The van der Waals surface area contributed by atoms with Crippen molar-refractivity contribution in [2.24, 2.45) is 7.05 Å². The number of thioether (sulfide) groups is 1. The third kappa shape index (κ3) is 3.47. The van der Waals surface area contributed by atoms with E-state index in [-0.39, 0.29) is 24.2 Å². The Balaban J connectivity index is 1.87. The summed E-state index contributed by atoms with van der Waals surface area (Å²) in [5.41, 5.74) is 2.39. The molecule has 1 aliphatic rings. The van der Waals surface area contributed by atoms with E-state index in [1.807, 2.05) is 25.5 Å². The highest BCUT2D eigenvalue weighted by Crippen LogP contribution is 2.17. The van der Waals surface area contributed by atoms with Gasteiger partial charge in [-0.05, 0) is 19.9 Å². The van der Waals surface area contributed by atoms with Crippen LogP contribution in [0.4, 0.5) is 4.79 Å². The Bertz CT molecular complexity index is 594. The number of rotatable bonds is 5. The van der Waals surface area contributed by atoms with E-state index < -0.39 is 5.97 Å². The summed E-state index contributed by atoms with van der Waals surface area (Å²) in [7, 11) is 1.88. The van der Waals surface area contributed by atoms with Crippen LogP contribution in [0.25, 0.3) is 0 Å². The van der Waals surface area contributed by atoms with Gasteiger partial charge in [0.2, 0.25) is 5.78 Å². The van der Waals surface area contributed by atoms with Crippen molar-refractivity contribution >= 4 is 28.8 Å². The maximum absolute atomic E-state index is 12.1. The summed E-state index contributed by atoms with van der Waals surface area (Å²) in [5.74, 6) is -0.0933. The Morgan fingerprint density at radius 1 is 1.38 bits per heavy atom. The van der Waals surface area contributed by atoms with Crippen molar-refractivity contribution in [2.75, 3.05) is 25.4 Å². The van der Waals surface area contributed by atoms with E-state index in [2.05, 4.69) is 0 Å². The van der Waals surface area contributed by atoms with Gasteiger partial charge in [0.1, 0.15) is 6.54 Å². The number of ketones is 1. The fraction of sp³-hybridized carbons (Fsp3) is 0.500. The number of nitrogens with zero attached hydrogens (tertiary/aromatic N) is 2. The van der Waals surface area contributed by atoms with Crippen molar-refractivity contribution in [3.8, 4) is 0 Å². The number of carbonyl (C=O) groups excluding carboxylic acids is 3. The van der Waals surface area contributed by atoms with E-state index in [0.717, 1.165) is 11.4 Å². The molecule has 1 fully saturated rings. The summed E-state index contributed by atoms with van der Waals surface area (Å²) in [6, 6.07) is 1.78. The molecule has 1 amide bonds. The monoisotopic (exact) mass is 310 g/mol. The molecule has 2 heterocycles. The second-order valence-electron chi connectivity index (χ2n) is 4.96. The molecule has 0 unspecified atom stereocenters. The maximum atomic E-state index is 12.1. The van der Waals surface area contributed by atoms with Gasteiger partial charge in [0.25, 0.3) is 5.24 Å². The summed E-state index contributed by atoms with van der Waals surface area (Å²) in [4.78, 5) is 36.5. The Hall–Kier alpha value is -1.76. The van der Waals surface area contributed by atoms with E-state index in [1.54, 1.807) is 6.07 Å². The minimum Gasteiger partial charge on any atom is -0.456 e. The van der Waals surface area contributed by atoms with Crippen LogP contribution in [0, 0.1) is 13.8 Å². The second-order valence-corrected chi connectivity index (χ2v) is 6.01. The van der Waals surface area contributed by atoms with Gasteiger partial charge in [-0.1, -0.05) is 11.8 Å². The van der Waals surface area contributed by atoms with Gasteiger partial charge in [0, 0.05) is 36.3 Å². The molecule has 0 saturated carbocycles. The first kappa shape index (κ1) is 15.6. The minimum absolute atomic E-state index is 0.0914. The standard InChI is InChI=1S/C14H18N2O4S/c1-9-6-11(10(2)15(9)3)12(17)8-20-13(18)7-16-4-5-21-14(16)19/h6H,4-5,7-8H2,1-3H3. The number of esters is 1. The van der Waals surface area contributed by atoms with E-state index in [4.69, 9.17) is 4.74 Å². The van der Waals surface area contributed by atoms with Crippen LogP contribution in [0.2, 0.25) is 0 Å². The summed E-state index contributed by atoms with van der Waals surface area (Å²) in [6.07, 6.45) is 0. The molecule has 6 nitrogen and oxygen atoms in total. The van der Waals surface area contributed by atoms with Gasteiger partial charge in [0.05, 0.1) is 0 Å². The minimum atomic E-state index is -0.551. The lowest BCUT2D eigenvalue weighted by atomic mass is 10.1. The molecule has 1 aromatic heterocycles. The number of aromatic nitrogens is 1. The zero-order valence-corrected chi connectivity index (χ0v) is 13.2. The smallest absolute Gasteiger partial charge is 0.326 e. The average Bonchev–Trinajstić information content (AvgIpc) is 2.95. The average molecular weight is 310 g/mol. The van der Waals surface area contributed by atoms with Crippen LogP contribution < -0.4 is 0 Å².